The SMILES string of the molecule is Cc1ccc(S(=O)(=O)N2CCN(S(=O)(=O)c3ccc4ccccc4c3)CC2)cc1. The first kappa shape index (κ1) is 20.0. The molecule has 0 atom stereocenters. The van der Waals surface area contributed by atoms with Crippen molar-refractivity contribution >= 4 is 30.8 Å². The lowest BCUT2D eigenvalue weighted by molar-refractivity contribution is 0.273. The minimum absolute atomic E-state index is 0.125. The van der Waals surface area contributed by atoms with Gasteiger partial charge < -0.3 is 0 Å². The number of sulfonamides is 2. The Kier molecular flexibility index (Phi) is 5.20. The fourth-order valence-corrected chi connectivity index (χ4v) is 6.37. The van der Waals surface area contributed by atoms with Gasteiger partial charge in [0.15, 0.2) is 0 Å². The van der Waals surface area contributed by atoms with E-state index in [4.69, 9.17) is 0 Å². The Morgan fingerprint density at radius 1 is 0.621 bits per heavy atom. The predicted octanol–water partition coefficient (Wildman–Crippen LogP) is 2.84. The molecule has 0 saturated carbocycles. The summed E-state index contributed by atoms with van der Waals surface area (Å²) in [6.45, 7) is 2.40. The molecule has 0 amide bonds. The second kappa shape index (κ2) is 7.53. The van der Waals surface area contributed by atoms with Crippen LogP contribution in [-0.2, 0) is 20.0 Å². The zero-order valence-electron chi connectivity index (χ0n) is 16.0. The van der Waals surface area contributed by atoms with Crippen molar-refractivity contribution in [1.82, 2.24) is 8.61 Å². The van der Waals surface area contributed by atoms with Gasteiger partial charge in [0.2, 0.25) is 20.0 Å². The van der Waals surface area contributed by atoms with Crippen LogP contribution in [0.5, 0.6) is 0 Å². The Balaban J connectivity index is 1.53. The van der Waals surface area contributed by atoms with Crippen LogP contribution in [0.2, 0.25) is 0 Å². The van der Waals surface area contributed by atoms with E-state index in [-0.39, 0.29) is 36.0 Å². The second-order valence-electron chi connectivity index (χ2n) is 7.13. The summed E-state index contributed by atoms with van der Waals surface area (Å²) in [5.41, 5.74) is 0.982. The first-order chi connectivity index (χ1) is 13.8. The average Bonchev–Trinajstić information content (AvgIpc) is 2.74. The monoisotopic (exact) mass is 430 g/mol. The van der Waals surface area contributed by atoms with Crippen LogP contribution in [-0.4, -0.2) is 51.6 Å². The Labute approximate surface area is 171 Å². The van der Waals surface area contributed by atoms with Crippen molar-refractivity contribution in [2.24, 2.45) is 0 Å². The summed E-state index contributed by atoms with van der Waals surface area (Å²) >= 11 is 0. The number of fused-ring (bicyclic) bond motifs is 1. The number of nitrogens with zero attached hydrogens (tertiary/aromatic N) is 2. The minimum Gasteiger partial charge on any atom is -0.207 e. The molecule has 3 aromatic rings. The molecule has 0 N–H and O–H groups in total. The average molecular weight is 431 g/mol. The number of aryl methyl sites for hydroxylation is 1. The zero-order valence-corrected chi connectivity index (χ0v) is 17.7. The van der Waals surface area contributed by atoms with Gasteiger partial charge in [0.05, 0.1) is 9.79 Å². The second-order valence-corrected chi connectivity index (χ2v) is 11.0. The molecule has 1 aliphatic heterocycles. The first-order valence-electron chi connectivity index (χ1n) is 9.34. The zero-order chi connectivity index (χ0) is 20.6. The maximum Gasteiger partial charge on any atom is 0.243 e. The summed E-state index contributed by atoms with van der Waals surface area (Å²) in [6.07, 6.45) is 0. The molecule has 0 radical (unpaired) electrons. The van der Waals surface area contributed by atoms with Gasteiger partial charge in [0.25, 0.3) is 0 Å². The molecule has 0 spiro atoms. The van der Waals surface area contributed by atoms with E-state index in [0.29, 0.717) is 0 Å². The quantitative estimate of drug-likeness (QED) is 0.638. The largest absolute Gasteiger partial charge is 0.243 e. The van der Waals surface area contributed by atoms with Gasteiger partial charge in [-0.3, -0.25) is 0 Å². The van der Waals surface area contributed by atoms with E-state index in [1.807, 2.05) is 31.2 Å². The molecule has 152 valence electrons. The summed E-state index contributed by atoms with van der Waals surface area (Å²) in [6, 6.07) is 19.3. The molecule has 0 aliphatic carbocycles. The smallest absolute Gasteiger partial charge is 0.207 e. The number of benzene rings is 3. The van der Waals surface area contributed by atoms with Gasteiger partial charge in [-0.2, -0.15) is 8.61 Å². The van der Waals surface area contributed by atoms with Crippen LogP contribution in [0.1, 0.15) is 5.56 Å². The van der Waals surface area contributed by atoms with Gasteiger partial charge in [0.1, 0.15) is 0 Å². The molecule has 1 fully saturated rings. The van der Waals surface area contributed by atoms with Crippen molar-refractivity contribution in [2.75, 3.05) is 26.2 Å². The molecule has 1 heterocycles. The molecule has 3 aromatic carbocycles. The highest BCUT2D eigenvalue weighted by Gasteiger charge is 2.33. The molecule has 1 saturated heterocycles. The maximum atomic E-state index is 13.1. The highest BCUT2D eigenvalue weighted by atomic mass is 32.2. The van der Waals surface area contributed by atoms with Crippen molar-refractivity contribution in [3.8, 4) is 0 Å². The van der Waals surface area contributed by atoms with Crippen molar-refractivity contribution in [1.29, 1.82) is 0 Å². The van der Waals surface area contributed by atoms with E-state index in [9.17, 15) is 16.8 Å². The van der Waals surface area contributed by atoms with E-state index >= 15 is 0 Å². The van der Waals surface area contributed by atoms with Gasteiger partial charge >= 0.3 is 0 Å². The maximum absolute atomic E-state index is 13.1. The molecule has 0 aromatic heterocycles. The van der Waals surface area contributed by atoms with Crippen LogP contribution >= 0.6 is 0 Å². The van der Waals surface area contributed by atoms with Gasteiger partial charge in [-0.1, -0.05) is 48.0 Å². The van der Waals surface area contributed by atoms with Crippen LogP contribution in [0.3, 0.4) is 0 Å². The number of hydrogen-bond donors (Lipinski definition) is 0. The summed E-state index contributed by atoms with van der Waals surface area (Å²) in [5.74, 6) is 0. The summed E-state index contributed by atoms with van der Waals surface area (Å²) in [7, 11) is -7.31. The third kappa shape index (κ3) is 3.81. The van der Waals surface area contributed by atoms with Gasteiger partial charge in [-0.25, -0.2) is 16.8 Å². The van der Waals surface area contributed by atoms with Crippen LogP contribution in [0.25, 0.3) is 10.8 Å². The van der Waals surface area contributed by atoms with E-state index in [0.717, 1.165) is 16.3 Å². The number of piperazine rings is 1. The number of hydrogen-bond acceptors (Lipinski definition) is 4. The first-order valence-corrected chi connectivity index (χ1v) is 12.2. The molecule has 4 rings (SSSR count). The summed E-state index contributed by atoms with van der Waals surface area (Å²) in [5, 5.41) is 1.83. The standard InChI is InChI=1S/C21H22N2O4S2/c1-17-6-9-20(10-7-17)28(24,25)22-12-14-23(15-13-22)29(26,27)21-11-8-18-4-2-3-5-19(18)16-21/h2-11,16H,12-15H2,1H3. The Hall–Kier alpha value is -2.26. The molecule has 8 heteroatoms. The van der Waals surface area contributed by atoms with Gasteiger partial charge in [-0.05, 0) is 42.0 Å². The fourth-order valence-electron chi connectivity index (χ4n) is 3.49. The van der Waals surface area contributed by atoms with E-state index in [2.05, 4.69) is 0 Å². The highest BCUT2D eigenvalue weighted by Crippen LogP contribution is 2.24. The lowest BCUT2D eigenvalue weighted by Crippen LogP contribution is -2.50. The van der Waals surface area contributed by atoms with E-state index < -0.39 is 20.0 Å². The Bertz CT molecular complexity index is 1250. The van der Waals surface area contributed by atoms with Crippen molar-refractivity contribution < 1.29 is 16.8 Å². The van der Waals surface area contributed by atoms with Crippen LogP contribution in [0, 0.1) is 6.92 Å². The molecule has 6 nitrogen and oxygen atoms in total. The summed E-state index contributed by atoms with van der Waals surface area (Å²) in [4.78, 5) is 0.458. The van der Waals surface area contributed by atoms with Crippen molar-refractivity contribution in [3.63, 3.8) is 0 Å². The molecule has 1 aliphatic rings. The predicted molar refractivity (Wildman–Crippen MR) is 113 cm³/mol. The molecule has 0 unspecified atom stereocenters. The third-order valence-corrected chi connectivity index (χ3v) is 9.02. The van der Waals surface area contributed by atoms with Gasteiger partial charge in [-0.15, -0.1) is 0 Å². The Morgan fingerprint density at radius 2 is 1.10 bits per heavy atom. The molecular weight excluding hydrogens is 408 g/mol. The highest BCUT2D eigenvalue weighted by molar-refractivity contribution is 7.89. The molecule has 0 bridgehead atoms. The van der Waals surface area contributed by atoms with Gasteiger partial charge in [0, 0.05) is 26.2 Å². The third-order valence-electron chi connectivity index (χ3n) is 5.22. The molecular formula is C21H22N2O4S2. The van der Waals surface area contributed by atoms with Crippen LogP contribution in [0.15, 0.2) is 76.5 Å². The van der Waals surface area contributed by atoms with Crippen LogP contribution in [0.4, 0.5) is 0 Å². The summed E-state index contributed by atoms with van der Waals surface area (Å²) < 4.78 is 54.5. The van der Waals surface area contributed by atoms with Crippen molar-refractivity contribution in [2.45, 2.75) is 16.7 Å². The van der Waals surface area contributed by atoms with E-state index in [1.165, 1.54) is 8.61 Å². The fraction of sp³-hybridized carbons (Fsp3) is 0.238. The van der Waals surface area contributed by atoms with Crippen LogP contribution < -0.4 is 0 Å². The minimum atomic E-state index is -3.68. The molecule has 29 heavy (non-hydrogen) atoms. The Morgan fingerprint density at radius 3 is 1.69 bits per heavy atom. The topological polar surface area (TPSA) is 74.8 Å². The normalized spacial score (nSPS) is 16.9. The lowest BCUT2D eigenvalue weighted by Gasteiger charge is -2.33. The van der Waals surface area contributed by atoms with Crippen molar-refractivity contribution in [3.05, 3.63) is 72.3 Å². The number of rotatable bonds is 4. The lowest BCUT2D eigenvalue weighted by atomic mass is 10.1. The van der Waals surface area contributed by atoms with E-state index in [1.54, 1.807) is 42.5 Å².